The number of rotatable bonds is 2. The molecular formula is C16H23BrN2. The fraction of sp³-hybridized carbons (Fsp3) is 0.625. The summed E-state index contributed by atoms with van der Waals surface area (Å²) in [7, 11) is 2.11. The lowest BCUT2D eigenvalue weighted by Gasteiger charge is -2.50. The van der Waals surface area contributed by atoms with E-state index < -0.39 is 0 Å². The predicted molar refractivity (Wildman–Crippen MR) is 84.9 cm³/mol. The van der Waals surface area contributed by atoms with E-state index in [1.165, 1.54) is 47.8 Å². The van der Waals surface area contributed by atoms with Crippen LogP contribution in [0, 0.1) is 6.92 Å². The number of halogens is 1. The van der Waals surface area contributed by atoms with Crippen LogP contribution >= 0.6 is 15.9 Å². The average molecular weight is 323 g/mol. The lowest BCUT2D eigenvalue weighted by atomic mass is 9.81. The Morgan fingerprint density at radius 1 is 1.21 bits per heavy atom. The summed E-state index contributed by atoms with van der Waals surface area (Å²) in [5.41, 5.74) is 2.72. The Hall–Kier alpha value is -0.540. The molecule has 0 radical (unpaired) electrons. The fourth-order valence-corrected chi connectivity index (χ4v) is 4.15. The summed E-state index contributed by atoms with van der Waals surface area (Å²) in [5.74, 6) is 0. The Balaban J connectivity index is 1.89. The van der Waals surface area contributed by atoms with E-state index in [0.29, 0.717) is 6.04 Å². The van der Waals surface area contributed by atoms with Crippen LogP contribution < -0.4 is 10.2 Å². The fourth-order valence-electron chi connectivity index (χ4n) is 3.78. The SMILES string of the molecule is CNC1CC2CCCC(C1)N2c1ccc(C)c(Br)c1. The number of nitrogens with zero attached hydrogens (tertiary/aromatic N) is 1. The van der Waals surface area contributed by atoms with Crippen LogP contribution in [0.1, 0.15) is 37.7 Å². The van der Waals surface area contributed by atoms with Gasteiger partial charge in [0.25, 0.3) is 0 Å². The Kier molecular flexibility index (Phi) is 3.86. The molecule has 19 heavy (non-hydrogen) atoms. The van der Waals surface area contributed by atoms with Gasteiger partial charge in [-0.2, -0.15) is 0 Å². The van der Waals surface area contributed by atoms with Gasteiger partial charge in [0.2, 0.25) is 0 Å². The van der Waals surface area contributed by atoms with Gasteiger partial charge in [0.15, 0.2) is 0 Å². The molecule has 104 valence electrons. The van der Waals surface area contributed by atoms with Gasteiger partial charge in [-0.05, 0) is 63.8 Å². The molecule has 1 aromatic rings. The summed E-state index contributed by atoms with van der Waals surface area (Å²) in [5, 5.41) is 3.49. The summed E-state index contributed by atoms with van der Waals surface area (Å²) in [6, 6.07) is 8.99. The van der Waals surface area contributed by atoms with Crippen LogP contribution in [0.5, 0.6) is 0 Å². The van der Waals surface area contributed by atoms with Gasteiger partial charge in [-0.3, -0.25) is 0 Å². The number of anilines is 1. The number of aryl methyl sites for hydroxylation is 1. The number of hydrogen-bond donors (Lipinski definition) is 1. The third kappa shape index (κ3) is 2.55. The van der Waals surface area contributed by atoms with E-state index in [4.69, 9.17) is 0 Å². The van der Waals surface area contributed by atoms with Gasteiger partial charge in [0, 0.05) is 28.3 Å². The van der Waals surface area contributed by atoms with Crippen LogP contribution in [0.15, 0.2) is 22.7 Å². The largest absolute Gasteiger partial charge is 0.365 e. The van der Waals surface area contributed by atoms with Crippen molar-refractivity contribution in [1.29, 1.82) is 0 Å². The average Bonchev–Trinajstić information content (AvgIpc) is 2.40. The molecule has 1 N–H and O–H groups in total. The van der Waals surface area contributed by atoms with Crippen LogP contribution in [0.2, 0.25) is 0 Å². The van der Waals surface area contributed by atoms with E-state index >= 15 is 0 Å². The van der Waals surface area contributed by atoms with E-state index in [2.05, 4.69) is 58.3 Å². The smallest absolute Gasteiger partial charge is 0.0382 e. The van der Waals surface area contributed by atoms with E-state index in [0.717, 1.165) is 12.1 Å². The van der Waals surface area contributed by atoms with Crippen molar-refractivity contribution in [2.75, 3.05) is 11.9 Å². The number of piperidine rings is 2. The van der Waals surface area contributed by atoms with Crippen molar-refractivity contribution < 1.29 is 0 Å². The molecule has 1 aromatic carbocycles. The molecule has 2 atom stereocenters. The Morgan fingerprint density at radius 2 is 1.89 bits per heavy atom. The third-order valence-corrected chi connectivity index (χ3v) is 5.69. The Bertz CT molecular complexity index is 446. The van der Waals surface area contributed by atoms with E-state index in [9.17, 15) is 0 Å². The highest BCUT2D eigenvalue weighted by atomic mass is 79.9. The minimum atomic E-state index is 0.709. The second-order valence-electron chi connectivity index (χ2n) is 6.04. The maximum Gasteiger partial charge on any atom is 0.0382 e. The minimum Gasteiger partial charge on any atom is -0.365 e. The molecule has 2 unspecified atom stereocenters. The summed E-state index contributed by atoms with van der Waals surface area (Å²) in [4.78, 5) is 2.70. The molecule has 2 aliphatic rings. The van der Waals surface area contributed by atoms with E-state index in [1.54, 1.807) is 0 Å². The predicted octanol–water partition coefficient (Wildman–Crippen LogP) is 3.87. The molecule has 2 aliphatic heterocycles. The molecule has 2 heterocycles. The molecular weight excluding hydrogens is 300 g/mol. The first kappa shape index (κ1) is 13.4. The van der Waals surface area contributed by atoms with Crippen LogP contribution in [-0.2, 0) is 0 Å². The molecule has 2 bridgehead atoms. The molecule has 2 saturated heterocycles. The van der Waals surface area contributed by atoms with Crippen LogP contribution in [-0.4, -0.2) is 25.2 Å². The lowest BCUT2D eigenvalue weighted by Crippen LogP contribution is -2.56. The van der Waals surface area contributed by atoms with Crippen LogP contribution in [0.3, 0.4) is 0 Å². The van der Waals surface area contributed by atoms with Crippen LogP contribution in [0.4, 0.5) is 5.69 Å². The van der Waals surface area contributed by atoms with Gasteiger partial charge in [-0.15, -0.1) is 0 Å². The quantitative estimate of drug-likeness (QED) is 0.889. The minimum absolute atomic E-state index is 0.709. The second-order valence-corrected chi connectivity index (χ2v) is 6.89. The number of fused-ring (bicyclic) bond motifs is 2. The zero-order chi connectivity index (χ0) is 13.4. The van der Waals surface area contributed by atoms with Crippen LogP contribution in [0.25, 0.3) is 0 Å². The molecule has 3 heteroatoms. The molecule has 0 saturated carbocycles. The number of nitrogens with one attached hydrogen (secondary N) is 1. The third-order valence-electron chi connectivity index (χ3n) is 4.84. The number of hydrogen-bond acceptors (Lipinski definition) is 2. The molecule has 0 amide bonds. The van der Waals surface area contributed by atoms with Crippen molar-refractivity contribution in [1.82, 2.24) is 5.32 Å². The van der Waals surface area contributed by atoms with Gasteiger partial charge in [0.05, 0.1) is 0 Å². The summed E-state index contributed by atoms with van der Waals surface area (Å²) in [6.07, 6.45) is 6.67. The van der Waals surface area contributed by atoms with E-state index in [-0.39, 0.29) is 0 Å². The van der Waals surface area contributed by atoms with Gasteiger partial charge in [0.1, 0.15) is 0 Å². The number of benzene rings is 1. The van der Waals surface area contributed by atoms with Crippen molar-refractivity contribution in [3.63, 3.8) is 0 Å². The van der Waals surface area contributed by atoms with Gasteiger partial charge >= 0.3 is 0 Å². The van der Waals surface area contributed by atoms with Crippen molar-refractivity contribution in [2.24, 2.45) is 0 Å². The Labute approximate surface area is 124 Å². The highest BCUT2D eigenvalue weighted by Crippen LogP contribution is 2.38. The maximum atomic E-state index is 3.68. The molecule has 0 spiro atoms. The second kappa shape index (κ2) is 5.45. The zero-order valence-electron chi connectivity index (χ0n) is 11.8. The first-order valence-corrected chi connectivity index (χ1v) is 8.20. The first-order chi connectivity index (χ1) is 9.19. The summed E-state index contributed by atoms with van der Waals surface area (Å²) >= 11 is 3.68. The molecule has 3 rings (SSSR count). The summed E-state index contributed by atoms with van der Waals surface area (Å²) in [6.45, 7) is 2.15. The van der Waals surface area contributed by atoms with Gasteiger partial charge in [-0.25, -0.2) is 0 Å². The van der Waals surface area contributed by atoms with Gasteiger partial charge in [-0.1, -0.05) is 22.0 Å². The molecule has 2 fully saturated rings. The zero-order valence-corrected chi connectivity index (χ0v) is 13.4. The van der Waals surface area contributed by atoms with Crippen molar-refractivity contribution in [3.05, 3.63) is 28.2 Å². The van der Waals surface area contributed by atoms with Gasteiger partial charge < -0.3 is 10.2 Å². The Morgan fingerprint density at radius 3 is 2.47 bits per heavy atom. The van der Waals surface area contributed by atoms with Crippen molar-refractivity contribution in [2.45, 2.75) is 57.2 Å². The standard InChI is InChI=1S/C16H23BrN2/c1-11-6-7-15(10-16(11)17)19-13-4-3-5-14(19)9-12(8-13)18-2/h6-7,10,12-14,18H,3-5,8-9H2,1-2H3. The highest BCUT2D eigenvalue weighted by Gasteiger charge is 2.37. The molecule has 2 nitrogen and oxygen atoms in total. The highest BCUT2D eigenvalue weighted by molar-refractivity contribution is 9.10. The normalized spacial score (nSPS) is 30.5. The topological polar surface area (TPSA) is 15.3 Å². The van der Waals surface area contributed by atoms with Crippen molar-refractivity contribution >= 4 is 21.6 Å². The molecule has 0 aromatic heterocycles. The monoisotopic (exact) mass is 322 g/mol. The molecule has 0 aliphatic carbocycles. The first-order valence-electron chi connectivity index (χ1n) is 7.41. The summed E-state index contributed by atoms with van der Waals surface area (Å²) < 4.78 is 1.24. The van der Waals surface area contributed by atoms with Crippen molar-refractivity contribution in [3.8, 4) is 0 Å². The lowest BCUT2D eigenvalue weighted by molar-refractivity contribution is 0.252. The maximum absolute atomic E-state index is 3.68. The van der Waals surface area contributed by atoms with E-state index in [1.807, 2.05) is 0 Å².